The summed E-state index contributed by atoms with van der Waals surface area (Å²) in [6.45, 7) is 25.5. The van der Waals surface area contributed by atoms with Crippen LogP contribution in [0.3, 0.4) is 0 Å². The molecule has 2 rings (SSSR count). The molecule has 0 nitrogen and oxygen atoms in total. The largest absolute Gasteiger partial charge is 0.119 e. The van der Waals surface area contributed by atoms with Gasteiger partial charge in [0.05, 0.1) is 0 Å². The summed E-state index contributed by atoms with van der Waals surface area (Å²) in [4.78, 5) is 0. The molecule has 0 bridgehead atoms. The third-order valence-electron chi connectivity index (χ3n) is 6.75. The first kappa shape index (κ1) is 19.0. The average Bonchev–Trinajstić information content (AvgIpc) is 2.55. The second-order valence-corrected chi connectivity index (χ2v) is 9.88. The Labute approximate surface area is 150 Å². The predicted octanol–water partition coefficient (Wildman–Crippen LogP) is 5.01. The summed E-state index contributed by atoms with van der Waals surface area (Å²) in [5, 5.41) is 3.27. The zero-order valence-corrected chi connectivity index (χ0v) is 18.5. The van der Waals surface area contributed by atoms with E-state index < -0.39 is 8.80 Å². The highest BCUT2D eigenvalue weighted by atomic mass is 28.3. The van der Waals surface area contributed by atoms with Gasteiger partial charge in [0.15, 0.2) is 0 Å². The summed E-state index contributed by atoms with van der Waals surface area (Å²) >= 11 is 0. The Morgan fingerprint density at radius 1 is 0.333 bits per heavy atom. The van der Waals surface area contributed by atoms with E-state index in [2.05, 4.69) is 75.8 Å². The highest BCUT2D eigenvalue weighted by Gasteiger charge is 2.24. The molecule has 24 heavy (non-hydrogen) atoms. The number of hydrogen-bond acceptors (Lipinski definition) is 0. The van der Waals surface area contributed by atoms with Crippen LogP contribution >= 0.6 is 0 Å². The summed E-state index contributed by atoms with van der Waals surface area (Å²) in [6.07, 6.45) is 0. The van der Waals surface area contributed by atoms with E-state index in [1.165, 1.54) is 55.6 Å². The van der Waals surface area contributed by atoms with Crippen molar-refractivity contribution >= 4 is 19.2 Å². The Balaban J connectivity index is 2.84. The van der Waals surface area contributed by atoms with E-state index in [-0.39, 0.29) is 0 Å². The topological polar surface area (TPSA) is 0 Å². The predicted molar refractivity (Wildman–Crippen MR) is 111 cm³/mol. The van der Waals surface area contributed by atoms with Crippen molar-refractivity contribution in [2.24, 2.45) is 0 Å². The monoisotopic (exact) mass is 337 g/mol. The van der Waals surface area contributed by atoms with Crippen LogP contribution in [0.4, 0.5) is 0 Å². The minimum Gasteiger partial charge on any atom is -0.0628 e. The number of rotatable bonds is 2. The molecule has 0 spiro atoms. The number of benzene rings is 2. The summed E-state index contributed by atoms with van der Waals surface area (Å²) in [7, 11) is -0.787. The quantitative estimate of drug-likeness (QED) is 0.676. The Morgan fingerprint density at radius 2 is 0.500 bits per heavy atom. The van der Waals surface area contributed by atoms with Crippen LogP contribution in [0.15, 0.2) is 0 Å². The van der Waals surface area contributed by atoms with E-state index in [0.29, 0.717) is 0 Å². The Morgan fingerprint density at radius 3 is 0.708 bits per heavy atom. The first-order valence-electron chi connectivity index (χ1n) is 9.00. The molecule has 0 unspecified atom stereocenters. The minimum atomic E-state index is -0.787. The zero-order chi connectivity index (χ0) is 18.5. The van der Waals surface area contributed by atoms with Crippen molar-refractivity contribution in [1.29, 1.82) is 0 Å². The molecule has 0 aliphatic rings. The SMILES string of the molecule is Cc1c(C)c(C)c([Si](C)c2c(C)c(C)c(C)c(C)c2C)c(C)c1C. The maximum atomic E-state index is 2.50. The van der Waals surface area contributed by atoms with E-state index in [9.17, 15) is 0 Å². The van der Waals surface area contributed by atoms with Crippen molar-refractivity contribution in [3.05, 3.63) is 55.6 Å². The van der Waals surface area contributed by atoms with Gasteiger partial charge in [-0.1, -0.05) is 6.55 Å². The van der Waals surface area contributed by atoms with Gasteiger partial charge in [0.1, 0.15) is 8.80 Å². The zero-order valence-electron chi connectivity index (χ0n) is 17.5. The van der Waals surface area contributed by atoms with Gasteiger partial charge in [-0.05, 0) is 135 Å². The van der Waals surface area contributed by atoms with Crippen molar-refractivity contribution in [1.82, 2.24) is 0 Å². The van der Waals surface area contributed by atoms with Gasteiger partial charge < -0.3 is 0 Å². The molecule has 2 aromatic rings. The minimum absolute atomic E-state index is 0.787. The Hall–Kier alpha value is -1.34. The second-order valence-electron chi connectivity index (χ2n) is 7.62. The molecule has 0 aliphatic carbocycles. The molecule has 0 N–H and O–H groups in total. The molecule has 1 heteroatoms. The van der Waals surface area contributed by atoms with Crippen LogP contribution in [0, 0.1) is 69.2 Å². The van der Waals surface area contributed by atoms with E-state index in [1.54, 1.807) is 10.4 Å². The summed E-state index contributed by atoms with van der Waals surface area (Å²) in [5.74, 6) is 0. The third-order valence-corrected chi connectivity index (χ3v) is 9.75. The van der Waals surface area contributed by atoms with E-state index in [1.807, 2.05) is 0 Å². The molecule has 0 atom stereocenters. The standard InChI is InChI=1S/C23H33Si/c1-12-14(3)18(7)22(19(8)15(12)4)24(11)23-20(9)16(5)13(2)17(6)21(23)10/h1-11H3. The van der Waals surface area contributed by atoms with Crippen molar-refractivity contribution in [2.75, 3.05) is 0 Å². The molecule has 0 fully saturated rings. The molecular formula is C23H33Si. The second kappa shape index (κ2) is 6.52. The Bertz CT molecular complexity index is 697. The average molecular weight is 338 g/mol. The van der Waals surface area contributed by atoms with Gasteiger partial charge in [-0.3, -0.25) is 0 Å². The molecule has 0 heterocycles. The molecule has 0 aromatic heterocycles. The summed E-state index contributed by atoms with van der Waals surface area (Å²) in [5.41, 5.74) is 14.9. The fraction of sp³-hybridized carbons (Fsp3) is 0.478. The lowest BCUT2D eigenvalue weighted by molar-refractivity contribution is 1.18. The van der Waals surface area contributed by atoms with Crippen LogP contribution in [-0.4, -0.2) is 8.80 Å². The van der Waals surface area contributed by atoms with Gasteiger partial charge in [-0.2, -0.15) is 0 Å². The summed E-state index contributed by atoms with van der Waals surface area (Å²) < 4.78 is 0. The number of hydrogen-bond donors (Lipinski definition) is 0. The smallest absolute Gasteiger partial charge is 0.0628 e. The molecule has 129 valence electrons. The normalized spacial score (nSPS) is 11.5. The van der Waals surface area contributed by atoms with E-state index in [0.717, 1.165) is 0 Å². The lowest BCUT2D eigenvalue weighted by Crippen LogP contribution is -2.46. The first-order chi connectivity index (χ1) is 11.0. The van der Waals surface area contributed by atoms with Gasteiger partial charge in [-0.25, -0.2) is 0 Å². The lowest BCUT2D eigenvalue weighted by atomic mass is 9.95. The molecule has 2 aromatic carbocycles. The van der Waals surface area contributed by atoms with Gasteiger partial charge >= 0.3 is 0 Å². The van der Waals surface area contributed by atoms with Crippen LogP contribution in [0.25, 0.3) is 0 Å². The van der Waals surface area contributed by atoms with E-state index >= 15 is 0 Å². The molecular weight excluding hydrogens is 304 g/mol. The van der Waals surface area contributed by atoms with Crippen molar-refractivity contribution in [3.63, 3.8) is 0 Å². The van der Waals surface area contributed by atoms with Crippen LogP contribution in [-0.2, 0) is 0 Å². The van der Waals surface area contributed by atoms with Gasteiger partial charge in [0, 0.05) is 0 Å². The fourth-order valence-electron chi connectivity index (χ4n) is 4.25. The van der Waals surface area contributed by atoms with Crippen LogP contribution < -0.4 is 10.4 Å². The molecule has 0 aliphatic heterocycles. The van der Waals surface area contributed by atoms with Crippen LogP contribution in [0.2, 0.25) is 6.55 Å². The third kappa shape index (κ3) is 2.67. The summed E-state index contributed by atoms with van der Waals surface area (Å²) in [6, 6.07) is 0. The highest BCUT2D eigenvalue weighted by molar-refractivity contribution is 6.85. The lowest BCUT2D eigenvalue weighted by Gasteiger charge is -2.27. The molecule has 0 saturated heterocycles. The maximum Gasteiger partial charge on any atom is 0.119 e. The fourth-order valence-corrected chi connectivity index (χ4v) is 7.50. The van der Waals surface area contributed by atoms with Crippen molar-refractivity contribution in [2.45, 2.75) is 75.8 Å². The van der Waals surface area contributed by atoms with Crippen LogP contribution in [0.5, 0.6) is 0 Å². The molecule has 0 amide bonds. The molecule has 1 radical (unpaired) electrons. The first-order valence-corrected chi connectivity index (χ1v) is 11.0. The molecule has 0 saturated carbocycles. The van der Waals surface area contributed by atoms with Crippen LogP contribution in [0.1, 0.15) is 55.6 Å². The van der Waals surface area contributed by atoms with E-state index in [4.69, 9.17) is 0 Å². The van der Waals surface area contributed by atoms with Gasteiger partial charge in [-0.15, -0.1) is 0 Å². The van der Waals surface area contributed by atoms with Crippen molar-refractivity contribution in [3.8, 4) is 0 Å². The van der Waals surface area contributed by atoms with Crippen molar-refractivity contribution < 1.29 is 0 Å². The van der Waals surface area contributed by atoms with Gasteiger partial charge in [0.25, 0.3) is 0 Å². The maximum absolute atomic E-state index is 2.50. The highest BCUT2D eigenvalue weighted by Crippen LogP contribution is 2.23. The van der Waals surface area contributed by atoms with Gasteiger partial charge in [0.2, 0.25) is 0 Å². The Kier molecular flexibility index (Phi) is 5.16.